The summed E-state index contributed by atoms with van der Waals surface area (Å²) in [6.07, 6.45) is 6.59. The number of aromatic nitrogens is 6. The van der Waals surface area contributed by atoms with Gasteiger partial charge >= 0.3 is 0 Å². The maximum atomic E-state index is 14.0. The van der Waals surface area contributed by atoms with Gasteiger partial charge in [0.15, 0.2) is 0 Å². The van der Waals surface area contributed by atoms with Gasteiger partial charge in [-0.2, -0.15) is 5.10 Å². The zero-order valence-electron chi connectivity index (χ0n) is 21.0. The molecule has 5 heterocycles. The van der Waals surface area contributed by atoms with Crippen LogP contribution in [0.25, 0.3) is 55.7 Å². The number of H-pyrrole nitrogens is 2. The number of benzene rings is 1. The van der Waals surface area contributed by atoms with Crippen molar-refractivity contribution in [1.29, 1.82) is 0 Å². The van der Waals surface area contributed by atoms with E-state index < -0.39 is 5.82 Å². The third-order valence-corrected chi connectivity index (χ3v) is 6.21. The molecule has 0 fully saturated rings. The number of hydrogen-bond donors (Lipinski definition) is 4. The molecular formula is C28H23FN8O2. The van der Waals surface area contributed by atoms with Crippen molar-refractivity contribution >= 4 is 33.5 Å². The van der Waals surface area contributed by atoms with Crippen LogP contribution in [0.4, 0.5) is 10.1 Å². The van der Waals surface area contributed by atoms with Crippen LogP contribution in [0.3, 0.4) is 0 Å². The second-order valence-corrected chi connectivity index (χ2v) is 9.44. The highest BCUT2D eigenvalue weighted by Gasteiger charge is 2.16. The molecule has 0 aliphatic heterocycles. The first kappa shape index (κ1) is 24.2. The van der Waals surface area contributed by atoms with Gasteiger partial charge in [-0.05, 0) is 61.6 Å². The number of phenols is 1. The number of fused-ring (bicyclic) bond motifs is 2. The average molecular weight is 523 g/mol. The molecule has 1 aromatic carbocycles. The minimum atomic E-state index is -0.528. The first-order chi connectivity index (χ1) is 18.8. The molecule has 0 bridgehead atoms. The number of aromatic hydroxyl groups is 1. The van der Waals surface area contributed by atoms with E-state index in [1.54, 1.807) is 35.8 Å². The molecule has 11 heteroatoms. The van der Waals surface area contributed by atoms with Crippen LogP contribution in [0.1, 0.15) is 0 Å². The van der Waals surface area contributed by atoms with Crippen molar-refractivity contribution in [2.75, 3.05) is 26.0 Å². The summed E-state index contributed by atoms with van der Waals surface area (Å²) in [6.45, 7) is 0.258. The van der Waals surface area contributed by atoms with E-state index in [0.717, 1.165) is 33.5 Å². The fourth-order valence-corrected chi connectivity index (χ4v) is 4.55. The number of halogens is 1. The molecule has 194 valence electrons. The maximum Gasteiger partial charge on any atom is 0.238 e. The van der Waals surface area contributed by atoms with E-state index in [1.807, 2.05) is 32.3 Å². The van der Waals surface area contributed by atoms with E-state index >= 15 is 0 Å². The van der Waals surface area contributed by atoms with Gasteiger partial charge in [-0.1, -0.05) is 0 Å². The minimum absolute atomic E-state index is 0.139. The maximum absolute atomic E-state index is 14.0. The SMILES string of the molecule is CN(C)CC(=O)Nc1cncc(-c2cc3c(-c4cc5c(-c6cc(O)cc(F)c6)ccnc5[nH]4)n[nH]c3cn2)c1. The van der Waals surface area contributed by atoms with Crippen LogP contribution in [-0.4, -0.2) is 66.7 Å². The molecule has 0 atom stereocenters. The molecule has 6 aromatic rings. The predicted octanol–water partition coefficient (Wildman–Crippen LogP) is 4.58. The molecular weight excluding hydrogens is 499 g/mol. The fourth-order valence-electron chi connectivity index (χ4n) is 4.55. The van der Waals surface area contributed by atoms with Gasteiger partial charge in [0.05, 0.1) is 41.5 Å². The lowest BCUT2D eigenvalue weighted by Gasteiger charge is -2.10. The number of rotatable bonds is 6. The van der Waals surface area contributed by atoms with Crippen LogP contribution in [0.2, 0.25) is 0 Å². The van der Waals surface area contributed by atoms with Crippen LogP contribution in [0.5, 0.6) is 5.75 Å². The number of aromatic amines is 2. The van der Waals surface area contributed by atoms with Gasteiger partial charge in [-0.3, -0.25) is 19.9 Å². The molecule has 5 aromatic heterocycles. The number of hydrogen-bond acceptors (Lipinski definition) is 7. The summed E-state index contributed by atoms with van der Waals surface area (Å²) in [5, 5.41) is 21.9. The molecule has 0 saturated heterocycles. The smallest absolute Gasteiger partial charge is 0.238 e. The Balaban J connectivity index is 1.39. The third kappa shape index (κ3) is 4.78. The summed E-state index contributed by atoms with van der Waals surface area (Å²) >= 11 is 0. The molecule has 0 saturated carbocycles. The Morgan fingerprint density at radius 2 is 1.90 bits per heavy atom. The van der Waals surface area contributed by atoms with Gasteiger partial charge in [0.25, 0.3) is 0 Å². The van der Waals surface area contributed by atoms with Gasteiger partial charge in [0, 0.05) is 34.8 Å². The number of nitrogens with zero attached hydrogens (tertiary/aromatic N) is 5. The van der Waals surface area contributed by atoms with Crippen molar-refractivity contribution in [2.24, 2.45) is 0 Å². The highest BCUT2D eigenvalue weighted by atomic mass is 19.1. The van der Waals surface area contributed by atoms with E-state index in [-0.39, 0.29) is 18.2 Å². The highest BCUT2D eigenvalue weighted by molar-refractivity contribution is 6.00. The highest BCUT2D eigenvalue weighted by Crippen LogP contribution is 2.35. The Labute approximate surface area is 221 Å². The number of amides is 1. The van der Waals surface area contributed by atoms with Crippen LogP contribution in [0, 0.1) is 5.82 Å². The van der Waals surface area contributed by atoms with Gasteiger partial charge in [-0.15, -0.1) is 0 Å². The van der Waals surface area contributed by atoms with Crippen molar-refractivity contribution in [2.45, 2.75) is 0 Å². The first-order valence-corrected chi connectivity index (χ1v) is 12.1. The van der Waals surface area contributed by atoms with Gasteiger partial charge in [0.1, 0.15) is 22.9 Å². The topological polar surface area (TPSA) is 136 Å². The van der Waals surface area contributed by atoms with Gasteiger partial charge in [0.2, 0.25) is 5.91 Å². The minimum Gasteiger partial charge on any atom is -0.508 e. The number of phenolic OH excluding ortho intramolecular Hbond substituents is 1. The zero-order chi connectivity index (χ0) is 27.1. The molecule has 0 aliphatic rings. The average Bonchev–Trinajstić information content (AvgIpc) is 3.51. The van der Waals surface area contributed by atoms with Gasteiger partial charge < -0.3 is 20.3 Å². The Morgan fingerprint density at radius 1 is 1.03 bits per heavy atom. The Hall–Kier alpha value is -5.16. The largest absolute Gasteiger partial charge is 0.508 e. The van der Waals surface area contributed by atoms with E-state index in [0.29, 0.717) is 34.0 Å². The fraction of sp³-hybridized carbons (Fsp3) is 0.107. The number of anilines is 1. The predicted molar refractivity (Wildman–Crippen MR) is 146 cm³/mol. The summed E-state index contributed by atoms with van der Waals surface area (Å²) in [5.74, 6) is -0.820. The molecule has 0 unspecified atom stereocenters. The summed E-state index contributed by atoms with van der Waals surface area (Å²) in [5.41, 5.74) is 5.92. The Bertz CT molecular complexity index is 1840. The van der Waals surface area contributed by atoms with Crippen molar-refractivity contribution < 1.29 is 14.3 Å². The number of carbonyl (C=O) groups excluding carboxylic acids is 1. The summed E-state index contributed by atoms with van der Waals surface area (Å²) < 4.78 is 14.0. The second kappa shape index (κ2) is 9.62. The third-order valence-electron chi connectivity index (χ3n) is 6.21. The summed E-state index contributed by atoms with van der Waals surface area (Å²) in [7, 11) is 3.65. The van der Waals surface area contributed by atoms with Crippen LogP contribution >= 0.6 is 0 Å². The standard InChI is InChI=1S/C28H23FN8O2/c1-37(2)14-26(39)33-18-6-16(11-30-12-18)23-10-22-25(13-32-23)35-36-27(22)24-9-21-20(3-4-31-28(21)34-24)15-5-17(29)8-19(38)7-15/h3-13,38H,14H2,1-2H3,(H,31,34)(H,33,39)(H,35,36). The van der Waals surface area contributed by atoms with E-state index in [4.69, 9.17) is 0 Å². The van der Waals surface area contributed by atoms with E-state index in [9.17, 15) is 14.3 Å². The van der Waals surface area contributed by atoms with Crippen LogP contribution in [0.15, 0.2) is 67.3 Å². The normalized spacial score (nSPS) is 11.5. The lowest BCUT2D eigenvalue weighted by Crippen LogP contribution is -2.27. The molecule has 4 N–H and O–H groups in total. The van der Waals surface area contributed by atoms with E-state index in [1.165, 1.54) is 12.1 Å². The van der Waals surface area contributed by atoms with Crippen molar-refractivity contribution in [3.8, 4) is 39.5 Å². The number of carbonyl (C=O) groups is 1. The quantitative estimate of drug-likeness (QED) is 0.251. The molecule has 39 heavy (non-hydrogen) atoms. The number of likely N-dealkylation sites (N-methyl/N-ethyl adjacent to an activating group) is 1. The van der Waals surface area contributed by atoms with E-state index in [2.05, 4.69) is 35.5 Å². The molecule has 1 amide bonds. The first-order valence-electron chi connectivity index (χ1n) is 12.1. The Kier molecular flexibility index (Phi) is 5.97. The summed E-state index contributed by atoms with van der Waals surface area (Å²) in [6, 6.07) is 11.3. The van der Waals surface area contributed by atoms with Crippen LogP contribution < -0.4 is 5.32 Å². The Morgan fingerprint density at radius 3 is 2.72 bits per heavy atom. The molecule has 0 radical (unpaired) electrons. The lowest BCUT2D eigenvalue weighted by molar-refractivity contribution is -0.116. The van der Waals surface area contributed by atoms with Gasteiger partial charge in [-0.25, -0.2) is 9.37 Å². The van der Waals surface area contributed by atoms with Crippen molar-refractivity contribution in [1.82, 2.24) is 35.0 Å². The molecule has 0 spiro atoms. The van der Waals surface area contributed by atoms with Crippen molar-refractivity contribution in [3.05, 3.63) is 73.1 Å². The van der Waals surface area contributed by atoms with Crippen molar-refractivity contribution in [3.63, 3.8) is 0 Å². The number of pyridine rings is 3. The molecule has 10 nitrogen and oxygen atoms in total. The monoisotopic (exact) mass is 522 g/mol. The van der Waals surface area contributed by atoms with Crippen LogP contribution in [-0.2, 0) is 4.79 Å². The summed E-state index contributed by atoms with van der Waals surface area (Å²) in [4.78, 5) is 30.5. The second-order valence-electron chi connectivity index (χ2n) is 9.44. The zero-order valence-corrected chi connectivity index (χ0v) is 21.0. The lowest BCUT2D eigenvalue weighted by atomic mass is 10.0. The molecule has 0 aliphatic carbocycles. The molecule has 6 rings (SSSR count). The number of nitrogens with one attached hydrogen (secondary N) is 3.